The van der Waals surface area contributed by atoms with Gasteiger partial charge in [0, 0.05) is 38.1 Å². The molecule has 5 heterocycles. The first-order valence-corrected chi connectivity index (χ1v) is 10.6. The van der Waals surface area contributed by atoms with Crippen molar-refractivity contribution in [2.24, 2.45) is 0 Å². The SMILES string of the molecule is CCCn1c(C(=O)NC2CCN(c3ccccn3)C2)cc2c(=O)n3ccccc3nc21. The van der Waals surface area contributed by atoms with Crippen molar-refractivity contribution in [2.75, 3.05) is 18.0 Å². The maximum absolute atomic E-state index is 13.2. The summed E-state index contributed by atoms with van der Waals surface area (Å²) in [7, 11) is 0. The van der Waals surface area contributed by atoms with Crippen molar-refractivity contribution in [3.8, 4) is 0 Å². The van der Waals surface area contributed by atoms with E-state index in [0.29, 0.717) is 35.5 Å². The predicted molar refractivity (Wildman–Crippen MR) is 120 cm³/mol. The summed E-state index contributed by atoms with van der Waals surface area (Å²) in [5, 5.41) is 3.61. The quantitative estimate of drug-likeness (QED) is 0.540. The van der Waals surface area contributed by atoms with Gasteiger partial charge in [0.05, 0.1) is 5.39 Å². The Morgan fingerprint density at radius 3 is 2.90 bits per heavy atom. The van der Waals surface area contributed by atoms with E-state index >= 15 is 0 Å². The normalized spacial score (nSPS) is 16.3. The van der Waals surface area contributed by atoms with Crippen LogP contribution in [-0.4, -0.2) is 44.0 Å². The zero-order valence-corrected chi connectivity index (χ0v) is 17.4. The number of hydrogen-bond acceptors (Lipinski definition) is 5. The van der Waals surface area contributed by atoms with E-state index in [0.717, 1.165) is 25.2 Å². The minimum absolute atomic E-state index is 0.0238. The number of carbonyl (C=O) groups excluding carboxylic acids is 1. The van der Waals surface area contributed by atoms with Gasteiger partial charge in [0.1, 0.15) is 22.8 Å². The topological polar surface area (TPSA) is 84.5 Å². The van der Waals surface area contributed by atoms with Crippen LogP contribution in [0.2, 0.25) is 0 Å². The third-order valence-electron chi connectivity index (χ3n) is 5.75. The molecule has 31 heavy (non-hydrogen) atoms. The fraction of sp³-hybridized carbons (Fsp3) is 0.304. The summed E-state index contributed by atoms with van der Waals surface area (Å²) >= 11 is 0. The molecule has 1 amide bonds. The Labute approximate surface area is 179 Å². The first kappa shape index (κ1) is 19.3. The average Bonchev–Trinajstić information content (AvgIpc) is 3.40. The van der Waals surface area contributed by atoms with Gasteiger partial charge in [-0.1, -0.05) is 19.1 Å². The first-order valence-electron chi connectivity index (χ1n) is 10.6. The van der Waals surface area contributed by atoms with E-state index < -0.39 is 0 Å². The number of rotatable bonds is 5. The van der Waals surface area contributed by atoms with Crippen molar-refractivity contribution in [1.29, 1.82) is 0 Å². The van der Waals surface area contributed by atoms with Gasteiger partial charge in [0.2, 0.25) is 0 Å². The molecule has 1 N–H and O–H groups in total. The van der Waals surface area contributed by atoms with Crippen LogP contribution in [0.5, 0.6) is 0 Å². The summed E-state index contributed by atoms with van der Waals surface area (Å²) in [6, 6.07) is 13.0. The molecule has 0 aliphatic carbocycles. The molecule has 0 aromatic carbocycles. The Bertz CT molecular complexity index is 1310. The second-order valence-electron chi connectivity index (χ2n) is 7.86. The minimum atomic E-state index is -0.173. The molecular weight excluding hydrogens is 392 g/mol. The van der Waals surface area contributed by atoms with Gasteiger partial charge in [-0.3, -0.25) is 14.0 Å². The number of anilines is 1. The molecule has 0 spiro atoms. The lowest BCUT2D eigenvalue weighted by Gasteiger charge is -2.18. The number of pyridine rings is 2. The highest BCUT2D eigenvalue weighted by molar-refractivity contribution is 5.98. The maximum Gasteiger partial charge on any atom is 0.268 e. The molecule has 0 bridgehead atoms. The molecule has 0 radical (unpaired) electrons. The van der Waals surface area contributed by atoms with Gasteiger partial charge >= 0.3 is 0 Å². The molecule has 1 aliphatic heterocycles. The molecule has 8 heteroatoms. The van der Waals surface area contributed by atoms with Crippen molar-refractivity contribution in [3.63, 3.8) is 0 Å². The number of carbonyl (C=O) groups is 1. The Hall–Kier alpha value is -3.68. The number of hydrogen-bond donors (Lipinski definition) is 1. The third kappa shape index (κ3) is 3.43. The van der Waals surface area contributed by atoms with Crippen LogP contribution in [0.3, 0.4) is 0 Å². The number of nitrogens with one attached hydrogen (secondary N) is 1. The second-order valence-corrected chi connectivity index (χ2v) is 7.86. The van der Waals surface area contributed by atoms with Gasteiger partial charge in [0.25, 0.3) is 11.5 Å². The van der Waals surface area contributed by atoms with E-state index in [2.05, 4.69) is 20.2 Å². The first-order chi connectivity index (χ1) is 15.2. The summed E-state index contributed by atoms with van der Waals surface area (Å²) in [4.78, 5) is 37.4. The largest absolute Gasteiger partial charge is 0.354 e. The fourth-order valence-corrected chi connectivity index (χ4v) is 4.28. The zero-order valence-electron chi connectivity index (χ0n) is 17.4. The summed E-state index contributed by atoms with van der Waals surface area (Å²) in [5.74, 6) is 0.746. The highest BCUT2D eigenvalue weighted by atomic mass is 16.2. The molecule has 1 atom stereocenters. The van der Waals surface area contributed by atoms with Crippen molar-refractivity contribution in [2.45, 2.75) is 32.4 Å². The Morgan fingerprint density at radius 1 is 1.23 bits per heavy atom. The highest BCUT2D eigenvalue weighted by Gasteiger charge is 2.27. The Balaban J connectivity index is 1.46. The van der Waals surface area contributed by atoms with Crippen molar-refractivity contribution < 1.29 is 4.79 Å². The number of aryl methyl sites for hydroxylation is 1. The van der Waals surface area contributed by atoms with Gasteiger partial charge in [-0.05, 0) is 43.2 Å². The lowest BCUT2D eigenvalue weighted by molar-refractivity contribution is 0.0931. The van der Waals surface area contributed by atoms with Crippen LogP contribution in [0.25, 0.3) is 16.7 Å². The molecule has 1 saturated heterocycles. The Morgan fingerprint density at radius 2 is 2.10 bits per heavy atom. The minimum Gasteiger partial charge on any atom is -0.354 e. The standard InChI is InChI=1S/C23H24N6O2/c1-2-11-28-18(14-17-21(28)26-20-8-4-6-12-29(20)23(17)31)22(30)25-16-9-13-27(15-16)19-7-3-5-10-24-19/h3-8,10,12,14,16H,2,9,11,13,15H2,1H3,(H,25,30). The van der Waals surface area contributed by atoms with Crippen LogP contribution in [0, 0.1) is 0 Å². The maximum atomic E-state index is 13.2. The summed E-state index contributed by atoms with van der Waals surface area (Å²) < 4.78 is 3.38. The van der Waals surface area contributed by atoms with Crippen LogP contribution in [0.4, 0.5) is 5.82 Å². The monoisotopic (exact) mass is 416 g/mol. The van der Waals surface area contributed by atoms with E-state index in [1.807, 2.05) is 35.8 Å². The van der Waals surface area contributed by atoms with Gasteiger partial charge in [0.15, 0.2) is 0 Å². The second kappa shape index (κ2) is 7.86. The van der Waals surface area contributed by atoms with Crippen LogP contribution >= 0.6 is 0 Å². The molecule has 1 fully saturated rings. The molecule has 4 aromatic rings. The number of aromatic nitrogens is 4. The summed E-state index contributed by atoms with van der Waals surface area (Å²) in [6.07, 6.45) is 5.16. The molecule has 4 aromatic heterocycles. The van der Waals surface area contributed by atoms with Crippen molar-refractivity contribution in [3.05, 3.63) is 70.9 Å². The molecule has 8 nitrogen and oxygen atoms in total. The molecule has 5 rings (SSSR count). The predicted octanol–water partition coefficient (Wildman–Crippen LogP) is 2.46. The molecule has 1 aliphatic rings. The van der Waals surface area contributed by atoms with Gasteiger partial charge in [-0.15, -0.1) is 0 Å². The van der Waals surface area contributed by atoms with Crippen LogP contribution in [-0.2, 0) is 6.54 Å². The van der Waals surface area contributed by atoms with Gasteiger partial charge in [-0.25, -0.2) is 9.97 Å². The summed E-state index contributed by atoms with van der Waals surface area (Å²) in [5.41, 5.74) is 1.45. The van der Waals surface area contributed by atoms with Gasteiger partial charge in [-0.2, -0.15) is 0 Å². The lowest BCUT2D eigenvalue weighted by Crippen LogP contribution is -2.38. The van der Waals surface area contributed by atoms with E-state index in [1.54, 1.807) is 30.6 Å². The zero-order chi connectivity index (χ0) is 21.4. The van der Waals surface area contributed by atoms with E-state index in [-0.39, 0.29) is 17.5 Å². The fourth-order valence-electron chi connectivity index (χ4n) is 4.28. The van der Waals surface area contributed by atoms with Gasteiger partial charge < -0.3 is 14.8 Å². The van der Waals surface area contributed by atoms with Crippen LogP contribution < -0.4 is 15.8 Å². The van der Waals surface area contributed by atoms with E-state index in [1.165, 1.54) is 4.40 Å². The van der Waals surface area contributed by atoms with E-state index in [4.69, 9.17) is 0 Å². The molecule has 158 valence electrons. The molecular formula is C23H24N6O2. The van der Waals surface area contributed by atoms with Crippen molar-refractivity contribution in [1.82, 2.24) is 24.3 Å². The smallest absolute Gasteiger partial charge is 0.268 e. The Kier molecular flexibility index (Phi) is 4.89. The highest BCUT2D eigenvalue weighted by Crippen LogP contribution is 2.20. The molecule has 0 saturated carbocycles. The van der Waals surface area contributed by atoms with Crippen LogP contribution in [0.1, 0.15) is 30.3 Å². The number of amides is 1. The average molecular weight is 416 g/mol. The number of fused-ring (bicyclic) bond motifs is 2. The lowest BCUT2D eigenvalue weighted by atomic mass is 10.2. The van der Waals surface area contributed by atoms with E-state index in [9.17, 15) is 9.59 Å². The summed E-state index contributed by atoms with van der Waals surface area (Å²) in [6.45, 7) is 4.21. The third-order valence-corrected chi connectivity index (χ3v) is 5.75. The van der Waals surface area contributed by atoms with Crippen molar-refractivity contribution >= 4 is 28.4 Å². The number of nitrogens with zero attached hydrogens (tertiary/aromatic N) is 5. The molecule has 1 unspecified atom stereocenters. The van der Waals surface area contributed by atoms with Crippen LogP contribution in [0.15, 0.2) is 59.7 Å².